The van der Waals surface area contributed by atoms with Crippen molar-refractivity contribution in [2.75, 3.05) is 13.7 Å². The Labute approximate surface area is 129 Å². The molecule has 3 rings (SSSR count). The number of methoxy groups -OCH3 is 1. The number of nitrogens with zero attached hydrogens (tertiary/aromatic N) is 3. The van der Waals surface area contributed by atoms with E-state index in [0.717, 1.165) is 11.1 Å². The van der Waals surface area contributed by atoms with Crippen molar-refractivity contribution in [3.05, 3.63) is 41.2 Å². The average molecular weight is 316 g/mol. The maximum absolute atomic E-state index is 12.2. The Hall–Kier alpha value is -2.74. The predicted octanol–water partition coefficient (Wildman–Crippen LogP) is 1.36. The third kappa shape index (κ3) is 2.56. The summed E-state index contributed by atoms with van der Waals surface area (Å²) in [6.07, 6.45) is 4.88. The van der Waals surface area contributed by atoms with E-state index in [1.54, 1.807) is 34.3 Å². The molecule has 0 fully saturated rings. The van der Waals surface area contributed by atoms with Crippen molar-refractivity contribution in [3.63, 3.8) is 0 Å². The minimum atomic E-state index is -0.520. The van der Waals surface area contributed by atoms with Crippen LogP contribution in [0.5, 0.6) is 0 Å². The number of aromatic nitrogens is 3. The molecule has 22 heavy (non-hydrogen) atoms. The van der Waals surface area contributed by atoms with Crippen LogP contribution < -0.4 is 5.32 Å². The molecule has 0 spiro atoms. The predicted molar refractivity (Wildman–Crippen MR) is 80.6 cm³/mol. The smallest absolute Gasteiger partial charge is 0.325 e. The molecular formula is C14H12N4O3S. The van der Waals surface area contributed by atoms with E-state index in [2.05, 4.69) is 20.0 Å². The largest absolute Gasteiger partial charge is 0.468 e. The van der Waals surface area contributed by atoms with E-state index in [9.17, 15) is 9.59 Å². The minimum absolute atomic E-state index is 0.197. The van der Waals surface area contributed by atoms with Gasteiger partial charge in [-0.3, -0.25) is 19.0 Å². The van der Waals surface area contributed by atoms with E-state index in [1.165, 1.54) is 7.11 Å². The first kappa shape index (κ1) is 14.2. The van der Waals surface area contributed by atoms with Crippen LogP contribution in [0.4, 0.5) is 0 Å². The second-order valence-corrected chi connectivity index (χ2v) is 5.17. The monoisotopic (exact) mass is 316 g/mol. The number of rotatable bonds is 4. The topological polar surface area (TPSA) is 85.6 Å². The number of amides is 1. The van der Waals surface area contributed by atoms with Crippen LogP contribution in [0, 0.1) is 0 Å². The van der Waals surface area contributed by atoms with E-state index in [0.29, 0.717) is 5.69 Å². The van der Waals surface area contributed by atoms with Gasteiger partial charge in [-0.1, -0.05) is 0 Å². The number of hydrogen-bond acceptors (Lipinski definition) is 6. The molecular weight excluding hydrogens is 304 g/mol. The van der Waals surface area contributed by atoms with Gasteiger partial charge in [-0.2, -0.15) is 11.3 Å². The number of thiophene rings is 1. The average Bonchev–Trinajstić information content (AvgIpc) is 3.19. The zero-order valence-corrected chi connectivity index (χ0v) is 12.5. The Morgan fingerprint density at radius 2 is 2.32 bits per heavy atom. The molecule has 0 saturated heterocycles. The van der Waals surface area contributed by atoms with Gasteiger partial charge in [0, 0.05) is 23.3 Å². The van der Waals surface area contributed by atoms with Crippen molar-refractivity contribution < 1.29 is 14.3 Å². The molecule has 3 aromatic rings. The lowest BCUT2D eigenvalue weighted by atomic mass is 10.2. The second kappa shape index (κ2) is 5.94. The van der Waals surface area contributed by atoms with E-state index in [-0.39, 0.29) is 12.4 Å². The maximum atomic E-state index is 12.2. The van der Waals surface area contributed by atoms with Gasteiger partial charge >= 0.3 is 5.97 Å². The molecule has 3 heterocycles. The number of nitrogens with one attached hydrogen (secondary N) is 1. The third-order valence-electron chi connectivity index (χ3n) is 3.07. The van der Waals surface area contributed by atoms with Crippen molar-refractivity contribution >= 4 is 28.7 Å². The summed E-state index contributed by atoms with van der Waals surface area (Å²) >= 11 is 1.55. The van der Waals surface area contributed by atoms with E-state index >= 15 is 0 Å². The number of ether oxygens (including phenoxy) is 1. The van der Waals surface area contributed by atoms with Crippen LogP contribution in [0.15, 0.2) is 35.4 Å². The quantitative estimate of drug-likeness (QED) is 0.735. The van der Waals surface area contributed by atoms with E-state index in [1.807, 2.05) is 16.8 Å². The molecule has 0 aromatic carbocycles. The highest BCUT2D eigenvalue weighted by atomic mass is 32.1. The summed E-state index contributed by atoms with van der Waals surface area (Å²) in [6.45, 7) is -0.205. The Bertz CT molecular complexity index is 826. The first-order valence-corrected chi connectivity index (χ1v) is 7.34. The maximum Gasteiger partial charge on any atom is 0.325 e. The molecule has 0 atom stereocenters. The third-order valence-corrected chi connectivity index (χ3v) is 3.75. The van der Waals surface area contributed by atoms with Gasteiger partial charge in [0.1, 0.15) is 6.54 Å². The van der Waals surface area contributed by atoms with E-state index < -0.39 is 11.9 Å². The summed E-state index contributed by atoms with van der Waals surface area (Å²) in [5.74, 6) is -0.774. The molecule has 0 unspecified atom stereocenters. The van der Waals surface area contributed by atoms with Crippen LogP contribution in [0.25, 0.3) is 16.8 Å². The van der Waals surface area contributed by atoms with Crippen LogP contribution in [0.2, 0.25) is 0 Å². The zero-order chi connectivity index (χ0) is 15.5. The molecule has 0 aliphatic carbocycles. The Morgan fingerprint density at radius 1 is 1.45 bits per heavy atom. The standard InChI is InChI=1S/C14H12N4O3S/c1-21-11(19)7-16-14(20)13-17-12(9-2-5-22-8-9)10-6-15-3-4-18(10)13/h2-6,8H,7H2,1H3,(H,16,20). The molecule has 1 N–H and O–H groups in total. The number of imidazole rings is 1. The van der Waals surface area contributed by atoms with Gasteiger partial charge in [0.05, 0.1) is 24.5 Å². The lowest BCUT2D eigenvalue weighted by Crippen LogP contribution is -2.31. The molecule has 7 nitrogen and oxygen atoms in total. The second-order valence-electron chi connectivity index (χ2n) is 4.39. The first-order valence-electron chi connectivity index (χ1n) is 6.40. The van der Waals surface area contributed by atoms with Gasteiger partial charge < -0.3 is 10.1 Å². The van der Waals surface area contributed by atoms with Gasteiger partial charge in [-0.25, -0.2) is 4.98 Å². The Balaban J connectivity index is 2.00. The highest BCUT2D eigenvalue weighted by Gasteiger charge is 2.19. The van der Waals surface area contributed by atoms with Crippen molar-refractivity contribution in [1.29, 1.82) is 0 Å². The fourth-order valence-electron chi connectivity index (χ4n) is 2.01. The fraction of sp³-hybridized carbons (Fsp3) is 0.143. The highest BCUT2D eigenvalue weighted by molar-refractivity contribution is 7.08. The zero-order valence-electron chi connectivity index (χ0n) is 11.6. The van der Waals surface area contributed by atoms with Crippen LogP contribution in [0.3, 0.4) is 0 Å². The SMILES string of the molecule is COC(=O)CNC(=O)c1nc(-c2ccsc2)c2cnccn12. The van der Waals surface area contributed by atoms with Crippen molar-refractivity contribution in [1.82, 2.24) is 19.7 Å². The number of hydrogen-bond donors (Lipinski definition) is 1. The van der Waals surface area contributed by atoms with Crippen molar-refractivity contribution in [3.8, 4) is 11.3 Å². The summed E-state index contributed by atoms with van der Waals surface area (Å²) in [7, 11) is 1.26. The first-order chi connectivity index (χ1) is 10.7. The molecule has 0 saturated carbocycles. The van der Waals surface area contributed by atoms with Crippen LogP contribution >= 0.6 is 11.3 Å². The summed E-state index contributed by atoms with van der Waals surface area (Å²) < 4.78 is 6.14. The lowest BCUT2D eigenvalue weighted by molar-refractivity contribution is -0.139. The molecule has 0 aliphatic rings. The Kier molecular flexibility index (Phi) is 3.84. The van der Waals surface area contributed by atoms with Crippen LogP contribution in [-0.4, -0.2) is 39.9 Å². The van der Waals surface area contributed by atoms with Crippen molar-refractivity contribution in [2.45, 2.75) is 0 Å². The van der Waals surface area contributed by atoms with Crippen molar-refractivity contribution in [2.24, 2.45) is 0 Å². The number of carbonyl (C=O) groups excluding carboxylic acids is 2. The van der Waals surface area contributed by atoms with Gasteiger partial charge in [0.15, 0.2) is 0 Å². The minimum Gasteiger partial charge on any atom is -0.468 e. The number of fused-ring (bicyclic) bond motifs is 1. The Morgan fingerprint density at radius 3 is 3.05 bits per heavy atom. The lowest BCUT2D eigenvalue weighted by Gasteiger charge is -2.02. The van der Waals surface area contributed by atoms with Crippen LogP contribution in [-0.2, 0) is 9.53 Å². The summed E-state index contributed by atoms with van der Waals surface area (Å²) in [4.78, 5) is 31.9. The molecule has 3 aromatic heterocycles. The van der Waals surface area contributed by atoms with E-state index in [4.69, 9.17) is 0 Å². The normalized spacial score (nSPS) is 10.6. The number of esters is 1. The number of carbonyl (C=O) groups is 2. The van der Waals surface area contributed by atoms with Gasteiger partial charge in [-0.05, 0) is 11.4 Å². The highest BCUT2D eigenvalue weighted by Crippen LogP contribution is 2.26. The van der Waals surface area contributed by atoms with Gasteiger partial charge in [-0.15, -0.1) is 0 Å². The molecule has 0 radical (unpaired) electrons. The molecule has 8 heteroatoms. The summed E-state index contributed by atoms with van der Waals surface area (Å²) in [5.41, 5.74) is 2.32. The molecule has 1 amide bonds. The molecule has 112 valence electrons. The molecule has 0 bridgehead atoms. The fourth-order valence-corrected chi connectivity index (χ4v) is 2.65. The molecule has 0 aliphatic heterocycles. The summed E-state index contributed by atoms with van der Waals surface area (Å²) in [5, 5.41) is 6.37. The van der Waals surface area contributed by atoms with Gasteiger partial charge in [0.25, 0.3) is 5.91 Å². The summed E-state index contributed by atoms with van der Waals surface area (Å²) in [6, 6.07) is 1.93. The van der Waals surface area contributed by atoms with Gasteiger partial charge in [0.2, 0.25) is 5.82 Å². The van der Waals surface area contributed by atoms with Crippen LogP contribution in [0.1, 0.15) is 10.6 Å².